The molecule has 0 unspecified atom stereocenters. The van der Waals surface area contributed by atoms with Gasteiger partial charge in [-0.25, -0.2) is 0 Å². The molecule has 1 aromatic carbocycles. The van der Waals surface area contributed by atoms with Crippen molar-refractivity contribution in [3.63, 3.8) is 0 Å². The highest BCUT2D eigenvalue weighted by Crippen LogP contribution is 2.36. The Morgan fingerprint density at radius 1 is 1.19 bits per heavy atom. The number of benzene rings is 1. The van der Waals surface area contributed by atoms with Crippen LogP contribution >= 0.6 is 11.6 Å². The van der Waals surface area contributed by atoms with Gasteiger partial charge in [-0.15, -0.1) is 11.6 Å². The number of rotatable bonds is 6. The summed E-state index contributed by atoms with van der Waals surface area (Å²) in [4.78, 5) is 27.0. The molecule has 3 nitrogen and oxygen atoms in total. The lowest BCUT2D eigenvalue weighted by molar-refractivity contribution is -0.123. The Kier molecular flexibility index (Phi) is 6.74. The zero-order valence-corrected chi connectivity index (χ0v) is 16.6. The topological polar surface area (TPSA) is 37.4 Å². The number of amides is 1. The van der Waals surface area contributed by atoms with E-state index in [2.05, 4.69) is 6.92 Å². The van der Waals surface area contributed by atoms with Crippen LogP contribution in [0.15, 0.2) is 18.2 Å². The highest BCUT2D eigenvalue weighted by atomic mass is 35.5. The summed E-state index contributed by atoms with van der Waals surface area (Å²) in [7, 11) is 0. The maximum Gasteiger partial charge on any atom is 0.230 e. The highest BCUT2D eigenvalue weighted by molar-refractivity contribution is 6.30. The highest BCUT2D eigenvalue weighted by Gasteiger charge is 2.32. The number of nitrogens with zero attached hydrogens (tertiary/aromatic N) is 1. The molecule has 142 valence electrons. The van der Waals surface area contributed by atoms with Crippen molar-refractivity contribution in [2.75, 3.05) is 17.3 Å². The molecule has 1 aromatic rings. The van der Waals surface area contributed by atoms with Gasteiger partial charge in [0.15, 0.2) is 5.78 Å². The summed E-state index contributed by atoms with van der Waals surface area (Å²) >= 11 is 5.68. The average molecular weight is 376 g/mol. The van der Waals surface area contributed by atoms with E-state index in [1.807, 2.05) is 23.1 Å². The molecule has 1 heterocycles. The standard InChI is InChI=1S/C22H30ClNO2/c1-2-3-5-16-7-9-17(10-8-16)22(26)24-13-4-6-18-14-19(21(25)15-23)11-12-20(18)24/h11-12,14,16-17H,2-10,13,15H2,1H3. The van der Waals surface area contributed by atoms with Crippen molar-refractivity contribution in [1.82, 2.24) is 0 Å². The third-order valence-corrected chi connectivity index (χ3v) is 6.31. The van der Waals surface area contributed by atoms with Crippen LogP contribution in [0, 0.1) is 11.8 Å². The molecule has 0 atom stereocenters. The van der Waals surface area contributed by atoms with Crippen molar-refractivity contribution in [2.24, 2.45) is 11.8 Å². The first-order chi connectivity index (χ1) is 12.6. The molecule has 0 N–H and O–H groups in total. The first kappa shape index (κ1) is 19.4. The Bertz CT molecular complexity index is 650. The Morgan fingerprint density at radius 3 is 2.65 bits per heavy atom. The van der Waals surface area contributed by atoms with Gasteiger partial charge in [0.05, 0.1) is 5.88 Å². The van der Waals surface area contributed by atoms with Gasteiger partial charge < -0.3 is 4.90 Å². The summed E-state index contributed by atoms with van der Waals surface area (Å²) in [6, 6.07) is 5.69. The largest absolute Gasteiger partial charge is 0.312 e. The van der Waals surface area contributed by atoms with Gasteiger partial charge in [0.25, 0.3) is 0 Å². The number of halogens is 1. The number of ketones is 1. The van der Waals surface area contributed by atoms with E-state index in [9.17, 15) is 9.59 Å². The fourth-order valence-corrected chi connectivity index (χ4v) is 4.64. The summed E-state index contributed by atoms with van der Waals surface area (Å²) < 4.78 is 0. The fraction of sp³-hybridized carbons (Fsp3) is 0.636. The monoisotopic (exact) mass is 375 g/mol. The van der Waals surface area contributed by atoms with Crippen LogP contribution in [0.25, 0.3) is 0 Å². The number of carbonyl (C=O) groups is 2. The lowest BCUT2D eigenvalue weighted by Gasteiger charge is -2.35. The van der Waals surface area contributed by atoms with Gasteiger partial charge in [0.1, 0.15) is 0 Å². The van der Waals surface area contributed by atoms with Crippen LogP contribution in [0.5, 0.6) is 0 Å². The Hall–Kier alpha value is -1.35. The second-order valence-corrected chi connectivity index (χ2v) is 8.12. The van der Waals surface area contributed by atoms with E-state index in [1.165, 1.54) is 32.1 Å². The fourth-order valence-electron chi connectivity index (χ4n) is 4.49. The van der Waals surface area contributed by atoms with E-state index in [1.54, 1.807) is 0 Å². The minimum Gasteiger partial charge on any atom is -0.312 e. The van der Waals surface area contributed by atoms with Crippen LogP contribution in [-0.2, 0) is 11.2 Å². The normalized spacial score (nSPS) is 22.8. The van der Waals surface area contributed by atoms with Gasteiger partial charge in [-0.2, -0.15) is 0 Å². The molecule has 0 bridgehead atoms. The van der Waals surface area contributed by atoms with Crippen molar-refractivity contribution >= 4 is 29.0 Å². The van der Waals surface area contributed by atoms with Crippen LogP contribution in [0.3, 0.4) is 0 Å². The number of aryl methyl sites for hydroxylation is 1. The first-order valence-electron chi connectivity index (χ1n) is 10.2. The molecule has 0 aromatic heterocycles. The molecule has 1 amide bonds. The molecule has 1 aliphatic heterocycles. The maximum atomic E-state index is 13.1. The second kappa shape index (κ2) is 9.03. The molecular weight excluding hydrogens is 346 g/mol. The number of unbranched alkanes of at least 4 members (excludes halogenated alkanes) is 1. The molecule has 0 radical (unpaired) electrons. The second-order valence-electron chi connectivity index (χ2n) is 7.85. The van der Waals surface area contributed by atoms with Gasteiger partial charge >= 0.3 is 0 Å². The quantitative estimate of drug-likeness (QED) is 0.494. The van der Waals surface area contributed by atoms with Gasteiger partial charge in [0.2, 0.25) is 5.91 Å². The van der Waals surface area contributed by atoms with Gasteiger partial charge in [-0.3, -0.25) is 9.59 Å². The van der Waals surface area contributed by atoms with Crippen molar-refractivity contribution in [3.8, 4) is 0 Å². The predicted molar refractivity (Wildman–Crippen MR) is 107 cm³/mol. The number of alkyl halides is 1. The molecular formula is C22H30ClNO2. The van der Waals surface area contributed by atoms with Crippen molar-refractivity contribution in [2.45, 2.75) is 64.7 Å². The maximum absolute atomic E-state index is 13.1. The SMILES string of the molecule is CCCCC1CCC(C(=O)N2CCCc3cc(C(=O)CCl)ccc32)CC1. The third-order valence-electron chi connectivity index (χ3n) is 6.07. The number of hydrogen-bond donors (Lipinski definition) is 0. The number of fused-ring (bicyclic) bond motifs is 1. The molecule has 2 aliphatic rings. The van der Waals surface area contributed by atoms with E-state index in [4.69, 9.17) is 11.6 Å². The van der Waals surface area contributed by atoms with Crippen LogP contribution in [0.1, 0.15) is 74.2 Å². The van der Waals surface area contributed by atoms with Crippen molar-refractivity contribution in [1.29, 1.82) is 0 Å². The Balaban J connectivity index is 1.67. The first-order valence-corrected chi connectivity index (χ1v) is 10.7. The van der Waals surface area contributed by atoms with Gasteiger partial charge in [0, 0.05) is 23.7 Å². The van der Waals surface area contributed by atoms with E-state index in [-0.39, 0.29) is 23.5 Å². The number of hydrogen-bond acceptors (Lipinski definition) is 2. The summed E-state index contributed by atoms with van der Waals surface area (Å²) in [5.41, 5.74) is 2.77. The Labute approximate surface area is 162 Å². The molecule has 4 heteroatoms. The molecule has 3 rings (SSSR count). The summed E-state index contributed by atoms with van der Waals surface area (Å²) in [5, 5.41) is 0. The third kappa shape index (κ3) is 4.31. The van der Waals surface area contributed by atoms with E-state index in [0.717, 1.165) is 49.4 Å². The van der Waals surface area contributed by atoms with Crippen LogP contribution in [0.2, 0.25) is 0 Å². The summed E-state index contributed by atoms with van der Waals surface area (Å²) in [5.74, 6) is 1.22. The molecule has 1 aliphatic carbocycles. The number of anilines is 1. The molecule has 1 fully saturated rings. The number of Topliss-reactive ketones (excluding diaryl/α,β-unsaturated/α-hetero) is 1. The molecule has 0 saturated heterocycles. The number of carbonyl (C=O) groups excluding carboxylic acids is 2. The minimum atomic E-state index is -0.0525. The lowest BCUT2D eigenvalue weighted by atomic mass is 9.79. The smallest absolute Gasteiger partial charge is 0.230 e. The van der Waals surface area contributed by atoms with Gasteiger partial charge in [-0.05, 0) is 68.2 Å². The lowest BCUT2D eigenvalue weighted by Crippen LogP contribution is -2.41. The minimum absolute atomic E-state index is 0.00268. The predicted octanol–water partition coefficient (Wildman–Crippen LogP) is 5.38. The molecule has 0 spiro atoms. The van der Waals surface area contributed by atoms with Crippen molar-refractivity contribution in [3.05, 3.63) is 29.3 Å². The molecule has 1 saturated carbocycles. The van der Waals surface area contributed by atoms with E-state index >= 15 is 0 Å². The van der Waals surface area contributed by atoms with Crippen LogP contribution in [0.4, 0.5) is 5.69 Å². The van der Waals surface area contributed by atoms with Crippen molar-refractivity contribution < 1.29 is 9.59 Å². The molecule has 26 heavy (non-hydrogen) atoms. The average Bonchev–Trinajstić information content (AvgIpc) is 2.70. The van der Waals surface area contributed by atoms with Crippen LogP contribution < -0.4 is 4.90 Å². The van der Waals surface area contributed by atoms with Crippen LogP contribution in [-0.4, -0.2) is 24.1 Å². The zero-order chi connectivity index (χ0) is 18.5. The summed E-state index contributed by atoms with van der Waals surface area (Å²) in [6.07, 6.45) is 10.2. The van der Waals surface area contributed by atoms with Gasteiger partial charge in [-0.1, -0.05) is 26.2 Å². The van der Waals surface area contributed by atoms with E-state index < -0.39 is 0 Å². The zero-order valence-electron chi connectivity index (χ0n) is 15.8. The Morgan fingerprint density at radius 2 is 1.96 bits per heavy atom. The summed E-state index contributed by atoms with van der Waals surface area (Å²) in [6.45, 7) is 3.04. The van der Waals surface area contributed by atoms with E-state index in [0.29, 0.717) is 5.56 Å².